The highest BCUT2D eigenvalue weighted by atomic mass is 16.5. The van der Waals surface area contributed by atoms with Gasteiger partial charge in [-0.1, -0.05) is 12.8 Å². The standard InChI is InChI=1S/C16H23NO3/c1-11-14(19-2)9-8-13(15(11)20-3)10-17-16(18)12-6-4-5-7-12/h8-9,12H,4-7,10H2,1-3H3,(H,17,18). The third-order valence-electron chi connectivity index (χ3n) is 4.04. The molecule has 1 aromatic carbocycles. The van der Waals surface area contributed by atoms with Gasteiger partial charge in [-0.25, -0.2) is 0 Å². The zero-order valence-electron chi connectivity index (χ0n) is 12.5. The number of hydrogen-bond acceptors (Lipinski definition) is 3. The summed E-state index contributed by atoms with van der Waals surface area (Å²) < 4.78 is 10.7. The number of ether oxygens (including phenoxy) is 2. The van der Waals surface area contributed by atoms with Crippen molar-refractivity contribution in [3.63, 3.8) is 0 Å². The summed E-state index contributed by atoms with van der Waals surface area (Å²) in [5.41, 5.74) is 1.94. The molecule has 1 aliphatic carbocycles. The van der Waals surface area contributed by atoms with Gasteiger partial charge in [0.2, 0.25) is 5.91 Å². The van der Waals surface area contributed by atoms with Crippen molar-refractivity contribution in [2.24, 2.45) is 5.92 Å². The van der Waals surface area contributed by atoms with Gasteiger partial charge in [0.05, 0.1) is 14.2 Å². The number of nitrogens with one attached hydrogen (secondary N) is 1. The number of hydrogen-bond donors (Lipinski definition) is 1. The summed E-state index contributed by atoms with van der Waals surface area (Å²) >= 11 is 0. The van der Waals surface area contributed by atoms with E-state index in [1.807, 2.05) is 19.1 Å². The minimum Gasteiger partial charge on any atom is -0.496 e. The lowest BCUT2D eigenvalue weighted by Crippen LogP contribution is -2.28. The first-order valence-electron chi connectivity index (χ1n) is 7.15. The van der Waals surface area contributed by atoms with Crippen molar-refractivity contribution in [2.45, 2.75) is 39.2 Å². The first-order chi connectivity index (χ1) is 9.67. The van der Waals surface area contributed by atoms with Crippen molar-refractivity contribution in [2.75, 3.05) is 14.2 Å². The van der Waals surface area contributed by atoms with Gasteiger partial charge in [-0.15, -0.1) is 0 Å². The van der Waals surface area contributed by atoms with Crippen LogP contribution in [-0.2, 0) is 11.3 Å². The van der Waals surface area contributed by atoms with Crippen molar-refractivity contribution in [1.82, 2.24) is 5.32 Å². The molecule has 1 saturated carbocycles. The van der Waals surface area contributed by atoms with Gasteiger partial charge >= 0.3 is 0 Å². The Hall–Kier alpha value is -1.71. The summed E-state index contributed by atoms with van der Waals surface area (Å²) in [5.74, 6) is 1.95. The summed E-state index contributed by atoms with van der Waals surface area (Å²) in [6.07, 6.45) is 4.38. The van der Waals surface area contributed by atoms with Crippen LogP contribution in [0.1, 0.15) is 36.8 Å². The smallest absolute Gasteiger partial charge is 0.223 e. The summed E-state index contributed by atoms with van der Waals surface area (Å²) in [6.45, 7) is 2.46. The van der Waals surface area contributed by atoms with Gasteiger partial charge in [-0.2, -0.15) is 0 Å². The van der Waals surface area contributed by atoms with Crippen molar-refractivity contribution >= 4 is 5.91 Å². The fraction of sp³-hybridized carbons (Fsp3) is 0.562. The molecule has 1 aromatic rings. The molecule has 1 fully saturated rings. The van der Waals surface area contributed by atoms with Gasteiger partial charge in [-0.05, 0) is 31.9 Å². The lowest BCUT2D eigenvalue weighted by atomic mass is 10.1. The molecular weight excluding hydrogens is 254 g/mol. The van der Waals surface area contributed by atoms with Crippen LogP contribution in [0.5, 0.6) is 11.5 Å². The maximum Gasteiger partial charge on any atom is 0.223 e. The number of methoxy groups -OCH3 is 2. The Morgan fingerprint density at radius 2 is 1.95 bits per heavy atom. The van der Waals surface area contributed by atoms with Gasteiger partial charge in [0.15, 0.2) is 0 Å². The minimum absolute atomic E-state index is 0.165. The molecule has 4 heteroatoms. The van der Waals surface area contributed by atoms with E-state index in [1.54, 1.807) is 14.2 Å². The van der Waals surface area contributed by atoms with E-state index in [-0.39, 0.29) is 11.8 Å². The molecule has 1 amide bonds. The van der Waals surface area contributed by atoms with Crippen molar-refractivity contribution in [1.29, 1.82) is 0 Å². The number of rotatable bonds is 5. The number of amides is 1. The maximum atomic E-state index is 12.0. The quantitative estimate of drug-likeness (QED) is 0.900. The van der Waals surface area contributed by atoms with Crippen LogP contribution in [-0.4, -0.2) is 20.1 Å². The van der Waals surface area contributed by atoms with Crippen LogP contribution in [0.15, 0.2) is 12.1 Å². The second kappa shape index (κ2) is 6.64. The highest BCUT2D eigenvalue weighted by Gasteiger charge is 2.22. The molecule has 0 heterocycles. The van der Waals surface area contributed by atoms with E-state index in [0.717, 1.165) is 35.5 Å². The molecule has 0 saturated heterocycles. The van der Waals surface area contributed by atoms with E-state index in [9.17, 15) is 4.79 Å². The average Bonchev–Trinajstić information content (AvgIpc) is 2.99. The lowest BCUT2D eigenvalue weighted by molar-refractivity contribution is -0.124. The highest BCUT2D eigenvalue weighted by molar-refractivity contribution is 5.78. The molecule has 0 spiro atoms. The Kier molecular flexibility index (Phi) is 4.88. The minimum atomic E-state index is 0.165. The van der Waals surface area contributed by atoms with E-state index >= 15 is 0 Å². The molecule has 0 atom stereocenters. The molecule has 0 radical (unpaired) electrons. The summed E-state index contributed by atoms with van der Waals surface area (Å²) in [4.78, 5) is 12.0. The van der Waals surface area contributed by atoms with Crippen LogP contribution in [0.25, 0.3) is 0 Å². The SMILES string of the molecule is COc1ccc(CNC(=O)C2CCCC2)c(OC)c1C. The maximum absolute atomic E-state index is 12.0. The predicted octanol–water partition coefficient (Wildman–Crippen LogP) is 2.82. The zero-order chi connectivity index (χ0) is 14.5. The molecular formula is C16H23NO3. The van der Waals surface area contributed by atoms with E-state index < -0.39 is 0 Å². The van der Waals surface area contributed by atoms with E-state index in [1.165, 1.54) is 12.8 Å². The normalized spacial score (nSPS) is 15.2. The fourth-order valence-corrected chi connectivity index (χ4v) is 2.89. The van der Waals surface area contributed by atoms with Crippen molar-refractivity contribution in [3.8, 4) is 11.5 Å². The van der Waals surface area contributed by atoms with Gasteiger partial charge in [-0.3, -0.25) is 4.79 Å². The summed E-state index contributed by atoms with van der Waals surface area (Å²) in [5, 5.41) is 3.02. The van der Waals surface area contributed by atoms with Gasteiger partial charge in [0.1, 0.15) is 11.5 Å². The average molecular weight is 277 g/mol. The third-order valence-corrected chi connectivity index (χ3v) is 4.04. The number of carbonyl (C=O) groups is 1. The Labute approximate surface area is 120 Å². The van der Waals surface area contributed by atoms with E-state index in [0.29, 0.717) is 6.54 Å². The largest absolute Gasteiger partial charge is 0.496 e. The number of carbonyl (C=O) groups excluding carboxylic acids is 1. The highest BCUT2D eigenvalue weighted by Crippen LogP contribution is 2.31. The monoisotopic (exact) mass is 277 g/mol. The van der Waals surface area contributed by atoms with Crippen LogP contribution in [0, 0.1) is 12.8 Å². The molecule has 4 nitrogen and oxygen atoms in total. The third kappa shape index (κ3) is 3.06. The fourth-order valence-electron chi connectivity index (χ4n) is 2.89. The van der Waals surface area contributed by atoms with Crippen LogP contribution in [0.4, 0.5) is 0 Å². The Bertz CT molecular complexity index is 479. The van der Waals surface area contributed by atoms with Crippen LogP contribution in [0.3, 0.4) is 0 Å². The van der Waals surface area contributed by atoms with Crippen molar-refractivity contribution < 1.29 is 14.3 Å². The second-order valence-electron chi connectivity index (χ2n) is 5.28. The Morgan fingerprint density at radius 3 is 2.55 bits per heavy atom. The molecule has 0 aliphatic heterocycles. The van der Waals surface area contributed by atoms with Crippen LogP contribution in [0.2, 0.25) is 0 Å². The van der Waals surface area contributed by atoms with Gasteiger partial charge in [0, 0.05) is 23.6 Å². The van der Waals surface area contributed by atoms with E-state index in [4.69, 9.17) is 9.47 Å². The lowest BCUT2D eigenvalue weighted by Gasteiger charge is -2.16. The zero-order valence-corrected chi connectivity index (χ0v) is 12.5. The molecule has 0 aromatic heterocycles. The molecule has 0 unspecified atom stereocenters. The first kappa shape index (κ1) is 14.7. The second-order valence-corrected chi connectivity index (χ2v) is 5.28. The molecule has 1 N–H and O–H groups in total. The first-order valence-corrected chi connectivity index (χ1v) is 7.15. The van der Waals surface area contributed by atoms with Crippen LogP contribution >= 0.6 is 0 Å². The van der Waals surface area contributed by atoms with Gasteiger partial charge < -0.3 is 14.8 Å². The molecule has 0 bridgehead atoms. The molecule has 2 rings (SSSR count). The van der Waals surface area contributed by atoms with Crippen LogP contribution < -0.4 is 14.8 Å². The molecule has 20 heavy (non-hydrogen) atoms. The number of benzene rings is 1. The topological polar surface area (TPSA) is 47.6 Å². The molecule has 1 aliphatic rings. The van der Waals surface area contributed by atoms with Crippen molar-refractivity contribution in [3.05, 3.63) is 23.3 Å². The summed E-state index contributed by atoms with van der Waals surface area (Å²) in [7, 11) is 3.29. The Morgan fingerprint density at radius 1 is 1.25 bits per heavy atom. The molecule has 110 valence electrons. The van der Waals surface area contributed by atoms with Gasteiger partial charge in [0.25, 0.3) is 0 Å². The Balaban J connectivity index is 2.05. The predicted molar refractivity (Wildman–Crippen MR) is 78.1 cm³/mol. The summed E-state index contributed by atoms with van der Waals surface area (Å²) in [6, 6.07) is 3.86. The van der Waals surface area contributed by atoms with E-state index in [2.05, 4.69) is 5.32 Å².